The quantitative estimate of drug-likeness (QED) is 0.717. The number of nitrogens with one attached hydrogen (secondary N) is 1. The maximum absolute atomic E-state index is 12.1. The highest BCUT2D eigenvalue weighted by Gasteiger charge is 2.27. The lowest BCUT2D eigenvalue weighted by atomic mass is 10.0. The second kappa shape index (κ2) is 7.99. The van der Waals surface area contributed by atoms with Crippen LogP contribution in [0.15, 0.2) is 0 Å². The van der Waals surface area contributed by atoms with Gasteiger partial charge in [-0.15, -0.1) is 0 Å². The van der Waals surface area contributed by atoms with Crippen LogP contribution in [0.2, 0.25) is 0 Å². The molecule has 110 valence electrons. The molecule has 1 fully saturated rings. The summed E-state index contributed by atoms with van der Waals surface area (Å²) in [6.07, 6.45) is 4.09. The van der Waals surface area contributed by atoms with E-state index in [9.17, 15) is 9.59 Å². The zero-order valence-electron chi connectivity index (χ0n) is 11.7. The Morgan fingerprint density at radius 3 is 2.79 bits per heavy atom. The van der Waals surface area contributed by atoms with Crippen LogP contribution >= 0.6 is 0 Å². The van der Waals surface area contributed by atoms with Gasteiger partial charge in [0.2, 0.25) is 0 Å². The van der Waals surface area contributed by atoms with Gasteiger partial charge < -0.3 is 20.1 Å². The van der Waals surface area contributed by atoms with Crippen molar-refractivity contribution in [2.24, 2.45) is 0 Å². The van der Waals surface area contributed by atoms with Crippen molar-refractivity contribution in [3.05, 3.63) is 0 Å². The van der Waals surface area contributed by atoms with Gasteiger partial charge in [0.1, 0.15) is 6.04 Å². The minimum Gasteiger partial charge on any atom is -0.480 e. The summed E-state index contributed by atoms with van der Waals surface area (Å²) >= 11 is 0. The number of aliphatic carboxylic acids is 1. The van der Waals surface area contributed by atoms with Crippen molar-refractivity contribution in [2.75, 3.05) is 20.3 Å². The number of hydrogen-bond donors (Lipinski definition) is 2. The number of piperidine rings is 1. The Hall–Kier alpha value is -1.30. The van der Waals surface area contributed by atoms with Gasteiger partial charge in [-0.25, -0.2) is 9.59 Å². The highest BCUT2D eigenvalue weighted by Crippen LogP contribution is 2.16. The summed E-state index contributed by atoms with van der Waals surface area (Å²) in [4.78, 5) is 24.9. The molecule has 6 heteroatoms. The average Bonchev–Trinajstić information content (AvgIpc) is 2.38. The van der Waals surface area contributed by atoms with Crippen LogP contribution in [0.1, 0.15) is 39.0 Å². The van der Waals surface area contributed by atoms with Crippen molar-refractivity contribution in [3.8, 4) is 0 Å². The van der Waals surface area contributed by atoms with Crippen LogP contribution in [0.5, 0.6) is 0 Å². The summed E-state index contributed by atoms with van der Waals surface area (Å²) in [6, 6.07) is -0.920. The fraction of sp³-hybridized carbons (Fsp3) is 0.846. The number of nitrogens with zero attached hydrogens (tertiary/aromatic N) is 1. The molecule has 0 aromatic heterocycles. The van der Waals surface area contributed by atoms with E-state index < -0.39 is 12.0 Å². The lowest BCUT2D eigenvalue weighted by molar-refractivity contribution is -0.139. The topological polar surface area (TPSA) is 78.9 Å². The van der Waals surface area contributed by atoms with E-state index in [0.29, 0.717) is 26.0 Å². The molecule has 6 nitrogen and oxygen atoms in total. The second-order valence-corrected chi connectivity index (χ2v) is 5.01. The predicted molar refractivity (Wildman–Crippen MR) is 71.1 cm³/mol. The summed E-state index contributed by atoms with van der Waals surface area (Å²) < 4.78 is 4.89. The molecule has 0 bridgehead atoms. The van der Waals surface area contributed by atoms with Crippen LogP contribution < -0.4 is 5.32 Å². The fourth-order valence-corrected chi connectivity index (χ4v) is 2.32. The molecule has 0 aromatic rings. The third kappa shape index (κ3) is 5.06. The molecular formula is C13H24N2O4. The van der Waals surface area contributed by atoms with Crippen LogP contribution in [0.25, 0.3) is 0 Å². The molecule has 1 aliphatic rings. The van der Waals surface area contributed by atoms with Gasteiger partial charge in [0, 0.05) is 26.3 Å². The Labute approximate surface area is 114 Å². The number of rotatable bonds is 6. The largest absolute Gasteiger partial charge is 0.480 e. The van der Waals surface area contributed by atoms with E-state index in [0.717, 1.165) is 19.3 Å². The molecule has 2 N–H and O–H groups in total. The number of carbonyl (C=O) groups is 2. The summed E-state index contributed by atoms with van der Waals surface area (Å²) in [5.41, 5.74) is 0. The van der Waals surface area contributed by atoms with Crippen LogP contribution in [0.4, 0.5) is 4.79 Å². The van der Waals surface area contributed by atoms with E-state index in [1.807, 2.05) is 6.92 Å². The average molecular weight is 272 g/mol. The number of ether oxygens (including phenoxy) is 1. The Balaban J connectivity index is 2.48. The molecule has 0 radical (unpaired) electrons. The van der Waals surface area contributed by atoms with Crippen LogP contribution in [0, 0.1) is 0 Å². The Kier molecular flexibility index (Phi) is 6.62. The monoisotopic (exact) mass is 272 g/mol. The van der Waals surface area contributed by atoms with Gasteiger partial charge in [0.15, 0.2) is 0 Å². The first-order valence-corrected chi connectivity index (χ1v) is 6.85. The number of hydrogen-bond acceptors (Lipinski definition) is 3. The first-order valence-electron chi connectivity index (χ1n) is 6.85. The van der Waals surface area contributed by atoms with Gasteiger partial charge in [-0.05, 0) is 39.0 Å². The molecule has 1 aliphatic heterocycles. The molecule has 2 amide bonds. The van der Waals surface area contributed by atoms with Gasteiger partial charge in [-0.2, -0.15) is 0 Å². The SMILES string of the molecule is COCCCC(NC(=O)N1CCCCC1C)C(=O)O. The van der Waals surface area contributed by atoms with Crippen molar-refractivity contribution < 1.29 is 19.4 Å². The van der Waals surface area contributed by atoms with Crippen molar-refractivity contribution >= 4 is 12.0 Å². The molecule has 2 atom stereocenters. The molecule has 1 rings (SSSR count). The van der Waals surface area contributed by atoms with Gasteiger partial charge >= 0.3 is 12.0 Å². The maximum Gasteiger partial charge on any atom is 0.326 e. The van der Waals surface area contributed by atoms with E-state index in [4.69, 9.17) is 9.84 Å². The summed E-state index contributed by atoms with van der Waals surface area (Å²) in [7, 11) is 1.57. The molecule has 0 aliphatic carbocycles. The third-order valence-corrected chi connectivity index (χ3v) is 3.50. The number of likely N-dealkylation sites (tertiary alicyclic amines) is 1. The smallest absolute Gasteiger partial charge is 0.326 e. The number of methoxy groups -OCH3 is 1. The Morgan fingerprint density at radius 1 is 1.47 bits per heavy atom. The first-order chi connectivity index (χ1) is 9.06. The Morgan fingerprint density at radius 2 is 2.21 bits per heavy atom. The fourth-order valence-electron chi connectivity index (χ4n) is 2.32. The normalized spacial score (nSPS) is 20.9. The number of urea groups is 1. The molecule has 0 spiro atoms. The van der Waals surface area contributed by atoms with Crippen LogP contribution in [-0.2, 0) is 9.53 Å². The molecule has 0 saturated carbocycles. The van der Waals surface area contributed by atoms with Crippen LogP contribution in [0.3, 0.4) is 0 Å². The third-order valence-electron chi connectivity index (χ3n) is 3.50. The Bertz CT molecular complexity index is 309. The van der Waals surface area contributed by atoms with Gasteiger partial charge in [-0.1, -0.05) is 0 Å². The second-order valence-electron chi connectivity index (χ2n) is 5.01. The number of carboxylic acids is 1. The van der Waals surface area contributed by atoms with E-state index in [1.165, 1.54) is 0 Å². The van der Waals surface area contributed by atoms with Crippen molar-refractivity contribution in [3.63, 3.8) is 0 Å². The lowest BCUT2D eigenvalue weighted by Gasteiger charge is -2.34. The number of amides is 2. The van der Waals surface area contributed by atoms with Gasteiger partial charge in [0.25, 0.3) is 0 Å². The highest BCUT2D eigenvalue weighted by molar-refractivity contribution is 5.82. The minimum atomic E-state index is -0.992. The molecular weight excluding hydrogens is 248 g/mol. The lowest BCUT2D eigenvalue weighted by Crippen LogP contribution is -2.52. The standard InChI is InChI=1S/C13H24N2O4/c1-10-6-3-4-8-15(10)13(18)14-11(12(16)17)7-5-9-19-2/h10-11H,3-9H2,1-2H3,(H,14,18)(H,16,17). The van der Waals surface area contributed by atoms with E-state index >= 15 is 0 Å². The number of carbonyl (C=O) groups excluding carboxylic acids is 1. The van der Waals surface area contributed by atoms with E-state index in [1.54, 1.807) is 12.0 Å². The molecule has 2 unspecified atom stereocenters. The zero-order chi connectivity index (χ0) is 14.3. The molecule has 1 heterocycles. The maximum atomic E-state index is 12.1. The molecule has 19 heavy (non-hydrogen) atoms. The van der Waals surface area contributed by atoms with Gasteiger partial charge in [-0.3, -0.25) is 0 Å². The van der Waals surface area contributed by atoms with Gasteiger partial charge in [0.05, 0.1) is 0 Å². The highest BCUT2D eigenvalue weighted by atomic mass is 16.5. The van der Waals surface area contributed by atoms with E-state index in [-0.39, 0.29) is 12.1 Å². The van der Waals surface area contributed by atoms with Crippen molar-refractivity contribution in [2.45, 2.75) is 51.1 Å². The first kappa shape index (κ1) is 15.8. The van der Waals surface area contributed by atoms with Crippen molar-refractivity contribution in [1.29, 1.82) is 0 Å². The minimum absolute atomic E-state index is 0.183. The summed E-state index contributed by atoms with van der Waals surface area (Å²) in [6.45, 7) is 3.20. The predicted octanol–water partition coefficient (Wildman–Crippen LogP) is 1.45. The molecule has 0 aromatic carbocycles. The molecule has 1 saturated heterocycles. The summed E-state index contributed by atoms with van der Waals surface area (Å²) in [5.74, 6) is -0.992. The van der Waals surface area contributed by atoms with Crippen molar-refractivity contribution in [1.82, 2.24) is 10.2 Å². The van der Waals surface area contributed by atoms with E-state index in [2.05, 4.69) is 5.32 Å². The van der Waals surface area contributed by atoms with Crippen LogP contribution in [-0.4, -0.2) is 54.4 Å². The zero-order valence-corrected chi connectivity index (χ0v) is 11.7. The summed E-state index contributed by atoms with van der Waals surface area (Å²) in [5, 5.41) is 11.7. The number of carboxylic acid groups (broad SMARTS) is 1.